The predicted octanol–water partition coefficient (Wildman–Crippen LogP) is 4.21. The quantitative estimate of drug-likeness (QED) is 0.840. The molecule has 0 amide bonds. The van der Waals surface area contributed by atoms with Crippen LogP contribution in [-0.2, 0) is 6.54 Å². The molecule has 1 unspecified atom stereocenters. The van der Waals surface area contributed by atoms with Crippen molar-refractivity contribution in [2.45, 2.75) is 19.0 Å². The summed E-state index contributed by atoms with van der Waals surface area (Å²) in [6.45, 7) is 1.81. The van der Waals surface area contributed by atoms with E-state index >= 15 is 0 Å². The lowest BCUT2D eigenvalue weighted by atomic mass is 10.0. The van der Waals surface area contributed by atoms with E-state index in [0.29, 0.717) is 6.04 Å². The molecule has 1 N–H and O–H groups in total. The van der Waals surface area contributed by atoms with Gasteiger partial charge in [-0.2, -0.15) is 0 Å². The summed E-state index contributed by atoms with van der Waals surface area (Å²) in [5, 5.41) is 3.62. The molecular weight excluding hydrogens is 382 g/mol. The topological polar surface area (TPSA) is 39.7 Å². The second-order valence-electron chi connectivity index (χ2n) is 5.42. The third-order valence-corrected chi connectivity index (χ3v) is 4.59. The van der Waals surface area contributed by atoms with E-state index in [1.807, 2.05) is 18.2 Å². The zero-order chi connectivity index (χ0) is 14.9. The summed E-state index contributed by atoms with van der Waals surface area (Å²) in [6, 6.07) is 12.6. The molecule has 0 spiro atoms. The molecule has 4 nitrogen and oxygen atoms in total. The van der Waals surface area contributed by atoms with E-state index in [2.05, 4.69) is 39.4 Å². The van der Waals surface area contributed by atoms with Crippen molar-refractivity contribution < 1.29 is 14.2 Å². The molecule has 2 aliphatic rings. The van der Waals surface area contributed by atoms with E-state index in [0.717, 1.165) is 41.3 Å². The Morgan fingerprint density at radius 1 is 1.09 bits per heavy atom. The van der Waals surface area contributed by atoms with Crippen LogP contribution in [0.25, 0.3) is 0 Å². The zero-order valence-electron chi connectivity index (χ0n) is 12.4. The highest BCUT2D eigenvalue weighted by molar-refractivity contribution is 9.10. The van der Waals surface area contributed by atoms with Gasteiger partial charge in [-0.15, -0.1) is 12.4 Å². The second-order valence-corrected chi connectivity index (χ2v) is 6.27. The van der Waals surface area contributed by atoms with Crippen LogP contribution in [0.15, 0.2) is 40.9 Å². The van der Waals surface area contributed by atoms with Gasteiger partial charge in [0.2, 0.25) is 6.79 Å². The highest BCUT2D eigenvalue weighted by Crippen LogP contribution is 2.40. The fourth-order valence-electron chi connectivity index (χ4n) is 2.92. The summed E-state index contributed by atoms with van der Waals surface area (Å²) in [4.78, 5) is 0. The molecule has 4 rings (SSSR count). The van der Waals surface area contributed by atoms with Gasteiger partial charge in [0.05, 0.1) is 11.1 Å². The molecule has 2 aromatic carbocycles. The first-order chi connectivity index (χ1) is 10.8. The van der Waals surface area contributed by atoms with Crippen molar-refractivity contribution in [3.63, 3.8) is 0 Å². The first kappa shape index (κ1) is 16.4. The first-order valence-corrected chi connectivity index (χ1v) is 8.14. The van der Waals surface area contributed by atoms with E-state index in [4.69, 9.17) is 14.2 Å². The number of hydrogen-bond acceptors (Lipinski definition) is 4. The van der Waals surface area contributed by atoms with Crippen LogP contribution in [0.4, 0.5) is 0 Å². The zero-order valence-corrected chi connectivity index (χ0v) is 14.8. The van der Waals surface area contributed by atoms with Crippen molar-refractivity contribution in [2.24, 2.45) is 0 Å². The highest BCUT2D eigenvalue weighted by atomic mass is 79.9. The highest BCUT2D eigenvalue weighted by Gasteiger charge is 2.22. The average Bonchev–Trinajstić information content (AvgIpc) is 3.02. The monoisotopic (exact) mass is 397 g/mol. The fourth-order valence-corrected chi connectivity index (χ4v) is 3.52. The number of halogens is 2. The Kier molecular flexibility index (Phi) is 4.99. The Labute approximate surface area is 149 Å². The summed E-state index contributed by atoms with van der Waals surface area (Å²) in [7, 11) is 0. The Balaban J connectivity index is 0.00000156. The molecule has 0 radical (unpaired) electrons. The Hall–Kier alpha value is -1.43. The van der Waals surface area contributed by atoms with Crippen LogP contribution < -0.4 is 19.5 Å². The number of benzene rings is 2. The van der Waals surface area contributed by atoms with E-state index in [-0.39, 0.29) is 19.2 Å². The van der Waals surface area contributed by atoms with Crippen LogP contribution in [0.2, 0.25) is 0 Å². The number of para-hydroxylation sites is 1. The molecule has 2 heterocycles. The number of nitrogens with one attached hydrogen (secondary N) is 1. The number of rotatable bonds is 3. The molecule has 0 saturated heterocycles. The maximum absolute atomic E-state index is 5.70. The maximum atomic E-state index is 5.70. The largest absolute Gasteiger partial charge is 0.493 e. The van der Waals surface area contributed by atoms with Gasteiger partial charge in [-0.05, 0) is 39.7 Å². The van der Waals surface area contributed by atoms with Gasteiger partial charge < -0.3 is 19.5 Å². The van der Waals surface area contributed by atoms with Gasteiger partial charge in [-0.1, -0.05) is 18.2 Å². The van der Waals surface area contributed by atoms with Gasteiger partial charge in [-0.25, -0.2) is 0 Å². The van der Waals surface area contributed by atoms with Gasteiger partial charge >= 0.3 is 0 Å². The van der Waals surface area contributed by atoms with E-state index in [9.17, 15) is 0 Å². The average molecular weight is 399 g/mol. The molecule has 0 bridgehead atoms. The maximum Gasteiger partial charge on any atom is 0.231 e. The van der Waals surface area contributed by atoms with Crippen LogP contribution in [0, 0.1) is 0 Å². The summed E-state index contributed by atoms with van der Waals surface area (Å²) in [5.74, 6) is 2.58. The number of ether oxygens (including phenoxy) is 3. The van der Waals surface area contributed by atoms with Gasteiger partial charge in [0, 0.05) is 24.6 Å². The van der Waals surface area contributed by atoms with Crippen molar-refractivity contribution in [2.75, 3.05) is 13.4 Å². The molecule has 122 valence electrons. The van der Waals surface area contributed by atoms with Crippen molar-refractivity contribution in [1.82, 2.24) is 5.32 Å². The Morgan fingerprint density at radius 3 is 2.87 bits per heavy atom. The lowest BCUT2D eigenvalue weighted by Crippen LogP contribution is -2.26. The molecular formula is C17H17BrClNO3. The molecule has 0 aromatic heterocycles. The van der Waals surface area contributed by atoms with Crippen molar-refractivity contribution in [1.29, 1.82) is 0 Å². The second kappa shape index (κ2) is 6.99. The molecule has 23 heavy (non-hydrogen) atoms. The van der Waals surface area contributed by atoms with Gasteiger partial charge in [0.15, 0.2) is 11.5 Å². The first-order valence-electron chi connectivity index (χ1n) is 7.34. The molecule has 0 fully saturated rings. The van der Waals surface area contributed by atoms with E-state index < -0.39 is 0 Å². The minimum absolute atomic E-state index is 0. The molecule has 0 aliphatic carbocycles. The Morgan fingerprint density at radius 2 is 1.96 bits per heavy atom. The SMILES string of the molecule is Brc1cc(CNC2CCOc3ccccc32)cc2c1OCO2.Cl. The predicted molar refractivity (Wildman–Crippen MR) is 93.6 cm³/mol. The molecule has 0 saturated carbocycles. The smallest absolute Gasteiger partial charge is 0.231 e. The van der Waals surface area contributed by atoms with E-state index in [1.54, 1.807) is 0 Å². The lowest BCUT2D eigenvalue weighted by Gasteiger charge is -2.26. The van der Waals surface area contributed by atoms with Crippen LogP contribution in [0.5, 0.6) is 17.2 Å². The molecule has 2 aromatic rings. The van der Waals surface area contributed by atoms with Crippen LogP contribution in [0.1, 0.15) is 23.6 Å². The standard InChI is InChI=1S/C17H16BrNO3.ClH/c18-13-7-11(8-16-17(13)22-10-21-16)9-19-14-5-6-20-15-4-2-1-3-12(14)15;/h1-4,7-8,14,19H,5-6,9-10H2;1H. The van der Waals surface area contributed by atoms with Crippen LogP contribution >= 0.6 is 28.3 Å². The van der Waals surface area contributed by atoms with E-state index in [1.165, 1.54) is 11.1 Å². The van der Waals surface area contributed by atoms with Gasteiger partial charge in [0.25, 0.3) is 0 Å². The normalized spacial score (nSPS) is 17.9. The Bertz CT molecular complexity index is 710. The van der Waals surface area contributed by atoms with Crippen molar-refractivity contribution in [3.05, 3.63) is 52.0 Å². The molecule has 1 atom stereocenters. The van der Waals surface area contributed by atoms with Crippen molar-refractivity contribution >= 4 is 28.3 Å². The summed E-state index contributed by atoms with van der Waals surface area (Å²) >= 11 is 3.54. The van der Waals surface area contributed by atoms with Crippen LogP contribution in [-0.4, -0.2) is 13.4 Å². The summed E-state index contributed by atoms with van der Waals surface area (Å²) < 4.78 is 17.5. The van der Waals surface area contributed by atoms with Gasteiger partial charge in [-0.3, -0.25) is 0 Å². The summed E-state index contributed by atoms with van der Waals surface area (Å²) in [6.07, 6.45) is 0.975. The van der Waals surface area contributed by atoms with Crippen molar-refractivity contribution in [3.8, 4) is 17.2 Å². The minimum atomic E-state index is 0. The third kappa shape index (κ3) is 3.27. The lowest BCUT2D eigenvalue weighted by molar-refractivity contribution is 0.173. The summed E-state index contributed by atoms with van der Waals surface area (Å²) in [5.41, 5.74) is 2.40. The number of hydrogen-bond donors (Lipinski definition) is 1. The minimum Gasteiger partial charge on any atom is -0.493 e. The fraction of sp³-hybridized carbons (Fsp3) is 0.294. The molecule has 6 heteroatoms. The molecule has 2 aliphatic heterocycles. The third-order valence-electron chi connectivity index (χ3n) is 4.00. The number of fused-ring (bicyclic) bond motifs is 2. The van der Waals surface area contributed by atoms with Crippen LogP contribution in [0.3, 0.4) is 0 Å². The van der Waals surface area contributed by atoms with Gasteiger partial charge in [0.1, 0.15) is 5.75 Å².